The summed E-state index contributed by atoms with van der Waals surface area (Å²) in [6, 6.07) is 16.6. The number of nitrogens with zero attached hydrogens (tertiary/aromatic N) is 4. The van der Waals surface area contributed by atoms with Gasteiger partial charge in [-0.25, -0.2) is 0 Å². The minimum atomic E-state index is -0.0712. The first-order chi connectivity index (χ1) is 19.7. The van der Waals surface area contributed by atoms with Gasteiger partial charge in [-0.2, -0.15) is 0 Å². The molecule has 0 amide bonds. The van der Waals surface area contributed by atoms with Crippen LogP contribution in [-0.4, -0.2) is 49.8 Å². The normalized spacial score (nSPS) is 12.4. The maximum atomic E-state index is 11.2. The number of rotatable bonds is 10. The molecule has 6 heteroatoms. The fraction of sp³-hybridized carbons (Fsp3) is 0.444. The predicted octanol–water partition coefficient (Wildman–Crippen LogP) is 7.84. The lowest BCUT2D eigenvalue weighted by Crippen LogP contribution is -2.24. The predicted molar refractivity (Wildman–Crippen MR) is 181 cm³/mol. The van der Waals surface area contributed by atoms with Gasteiger partial charge in [0.05, 0.1) is 11.4 Å². The molecule has 6 nitrogen and oxygen atoms in total. The minimum Gasteiger partial charge on any atom is -0.507 e. The summed E-state index contributed by atoms with van der Waals surface area (Å²) in [7, 11) is 4.10. The Bertz CT molecular complexity index is 1320. The van der Waals surface area contributed by atoms with Crippen LogP contribution in [0.5, 0.6) is 11.5 Å². The lowest BCUT2D eigenvalue weighted by molar-refractivity contribution is 0.464. The van der Waals surface area contributed by atoms with Crippen molar-refractivity contribution < 1.29 is 10.2 Å². The van der Waals surface area contributed by atoms with E-state index in [0.717, 1.165) is 44.8 Å². The van der Waals surface area contributed by atoms with Crippen LogP contribution in [-0.2, 0) is 23.9 Å². The van der Waals surface area contributed by atoms with Crippen LogP contribution in [0.25, 0.3) is 0 Å². The van der Waals surface area contributed by atoms with Gasteiger partial charge in [-0.1, -0.05) is 53.7 Å². The van der Waals surface area contributed by atoms with Crippen LogP contribution in [0.15, 0.2) is 58.5 Å². The molecule has 0 spiro atoms. The Morgan fingerprint density at radius 1 is 0.643 bits per heavy atom. The average molecular weight is 571 g/mol. The highest BCUT2D eigenvalue weighted by atomic mass is 16.3. The average Bonchev–Trinajstić information content (AvgIpc) is 2.92. The second kappa shape index (κ2) is 13.5. The third-order valence-corrected chi connectivity index (χ3v) is 7.51. The van der Waals surface area contributed by atoms with Crippen LogP contribution >= 0.6 is 0 Å². The van der Waals surface area contributed by atoms with E-state index in [2.05, 4.69) is 85.6 Å². The van der Waals surface area contributed by atoms with E-state index in [1.165, 1.54) is 0 Å². The largest absolute Gasteiger partial charge is 0.507 e. The lowest BCUT2D eigenvalue weighted by Gasteiger charge is -2.30. The zero-order chi connectivity index (χ0) is 31.2. The minimum absolute atomic E-state index is 0.0712. The molecule has 0 aliphatic heterocycles. The highest BCUT2D eigenvalue weighted by molar-refractivity contribution is 5.85. The summed E-state index contributed by atoms with van der Waals surface area (Å²) in [6.07, 6.45) is 3.54. The van der Waals surface area contributed by atoms with Crippen molar-refractivity contribution in [1.29, 1.82) is 0 Å². The van der Waals surface area contributed by atoms with Crippen molar-refractivity contribution in [2.24, 2.45) is 9.98 Å². The second-order valence-electron chi connectivity index (χ2n) is 13.1. The van der Waals surface area contributed by atoms with Crippen molar-refractivity contribution in [3.05, 3.63) is 81.9 Å². The fourth-order valence-electron chi connectivity index (χ4n) is 4.91. The summed E-state index contributed by atoms with van der Waals surface area (Å²) in [5.74, 6) is 0.533. The maximum Gasteiger partial charge on any atom is 0.129 e. The summed E-state index contributed by atoms with van der Waals surface area (Å²) in [4.78, 5) is 13.1. The molecule has 226 valence electrons. The number of para-hydroxylation sites is 2. The maximum absolute atomic E-state index is 11.2. The van der Waals surface area contributed by atoms with Gasteiger partial charge < -0.3 is 20.0 Å². The van der Waals surface area contributed by atoms with E-state index >= 15 is 0 Å². The molecule has 42 heavy (non-hydrogen) atoms. The molecule has 0 bridgehead atoms. The number of anilines is 2. The van der Waals surface area contributed by atoms with Gasteiger partial charge in [0.2, 0.25) is 0 Å². The van der Waals surface area contributed by atoms with Crippen molar-refractivity contribution in [2.75, 3.05) is 37.0 Å². The van der Waals surface area contributed by atoms with Crippen molar-refractivity contribution in [2.45, 2.75) is 79.3 Å². The standard InChI is InChI=1S/C36H50N4O2/c1-11-37-21-25-17-29(35(3,4)5)19-27(33(25)41)23-39(9)31-15-13-14-16-32(31)40(10)24-28-20-30(36(6,7)8)18-26(34(28)42)22-38-12-2/h13-22,41-42H,11-12,23-24H2,1-10H3/b37-21+,38-22+. The Kier molecular flexibility index (Phi) is 10.5. The zero-order valence-corrected chi connectivity index (χ0v) is 27.3. The van der Waals surface area contributed by atoms with Crippen molar-refractivity contribution in [3.63, 3.8) is 0 Å². The topological polar surface area (TPSA) is 71.7 Å². The molecule has 0 aliphatic rings. The fourth-order valence-corrected chi connectivity index (χ4v) is 4.91. The van der Waals surface area contributed by atoms with Crippen molar-refractivity contribution >= 4 is 23.8 Å². The first-order valence-electron chi connectivity index (χ1n) is 14.9. The van der Waals surface area contributed by atoms with E-state index in [1.807, 2.05) is 52.2 Å². The van der Waals surface area contributed by atoms with E-state index < -0.39 is 0 Å². The van der Waals surface area contributed by atoms with E-state index in [0.29, 0.717) is 26.2 Å². The van der Waals surface area contributed by atoms with Gasteiger partial charge in [0, 0.05) is 75.0 Å². The second-order valence-corrected chi connectivity index (χ2v) is 13.1. The van der Waals surface area contributed by atoms with Crippen molar-refractivity contribution in [3.8, 4) is 11.5 Å². The van der Waals surface area contributed by atoms with Gasteiger partial charge in [-0.05, 0) is 72.2 Å². The molecule has 0 atom stereocenters. The van der Waals surface area contributed by atoms with E-state index in [-0.39, 0.29) is 22.3 Å². The van der Waals surface area contributed by atoms with E-state index in [4.69, 9.17) is 0 Å². The summed E-state index contributed by atoms with van der Waals surface area (Å²) < 4.78 is 0. The van der Waals surface area contributed by atoms with Gasteiger partial charge in [0.25, 0.3) is 0 Å². The van der Waals surface area contributed by atoms with Crippen LogP contribution in [0.2, 0.25) is 0 Å². The van der Waals surface area contributed by atoms with Crippen LogP contribution < -0.4 is 9.80 Å². The molecule has 0 radical (unpaired) electrons. The molecule has 3 aromatic rings. The molecule has 0 heterocycles. The Morgan fingerprint density at radius 3 is 1.31 bits per heavy atom. The van der Waals surface area contributed by atoms with Gasteiger partial charge in [0.1, 0.15) is 11.5 Å². The number of aromatic hydroxyl groups is 2. The highest BCUT2D eigenvalue weighted by Gasteiger charge is 2.22. The highest BCUT2D eigenvalue weighted by Crippen LogP contribution is 2.36. The summed E-state index contributed by atoms with van der Waals surface area (Å²) in [5, 5.41) is 22.4. The Labute approximate surface area is 253 Å². The zero-order valence-electron chi connectivity index (χ0n) is 27.3. The molecular weight excluding hydrogens is 520 g/mol. The van der Waals surface area contributed by atoms with Crippen LogP contribution in [0.4, 0.5) is 11.4 Å². The molecule has 3 aromatic carbocycles. The summed E-state index contributed by atoms with van der Waals surface area (Å²) >= 11 is 0. The monoisotopic (exact) mass is 570 g/mol. The third-order valence-electron chi connectivity index (χ3n) is 7.51. The number of hydrogen-bond donors (Lipinski definition) is 2. The SMILES string of the molecule is CC/N=C/c1cc(C(C)(C)C)cc(CN(C)c2ccccc2N(C)Cc2cc(C(C)(C)C)cc(/C=N/CC)c2O)c1O. The quantitative estimate of drug-likeness (QED) is 0.244. The third kappa shape index (κ3) is 7.93. The van der Waals surface area contributed by atoms with Gasteiger partial charge in [-0.3, -0.25) is 9.98 Å². The Balaban J connectivity index is 2.00. The lowest BCUT2D eigenvalue weighted by atomic mass is 9.84. The molecular formula is C36H50N4O2. The molecule has 0 fully saturated rings. The molecule has 2 N–H and O–H groups in total. The van der Waals surface area contributed by atoms with Crippen LogP contribution in [0.1, 0.15) is 88.8 Å². The van der Waals surface area contributed by atoms with Crippen LogP contribution in [0.3, 0.4) is 0 Å². The smallest absolute Gasteiger partial charge is 0.129 e. The Hall–Kier alpha value is -3.80. The number of phenolic OH excluding ortho intramolecular Hbond substituents is 2. The Morgan fingerprint density at radius 2 is 1.00 bits per heavy atom. The molecule has 0 aromatic heterocycles. The molecule has 3 rings (SSSR count). The van der Waals surface area contributed by atoms with E-state index in [1.54, 1.807) is 12.4 Å². The number of benzene rings is 3. The van der Waals surface area contributed by atoms with Gasteiger partial charge in [0.15, 0.2) is 0 Å². The first-order valence-corrected chi connectivity index (χ1v) is 14.9. The van der Waals surface area contributed by atoms with E-state index in [9.17, 15) is 10.2 Å². The molecule has 0 unspecified atom stereocenters. The summed E-state index contributed by atoms with van der Waals surface area (Å²) in [5.41, 5.74) is 7.44. The number of hydrogen-bond acceptors (Lipinski definition) is 6. The van der Waals surface area contributed by atoms with Crippen LogP contribution in [0, 0.1) is 0 Å². The number of phenols is 2. The molecule has 0 saturated heterocycles. The molecule has 0 saturated carbocycles. The first kappa shape index (κ1) is 32.7. The van der Waals surface area contributed by atoms with Gasteiger partial charge >= 0.3 is 0 Å². The number of aliphatic imine (C=N–C) groups is 2. The molecule has 0 aliphatic carbocycles. The van der Waals surface area contributed by atoms with Crippen molar-refractivity contribution in [1.82, 2.24) is 0 Å². The van der Waals surface area contributed by atoms with Gasteiger partial charge in [-0.15, -0.1) is 0 Å². The summed E-state index contributed by atoms with van der Waals surface area (Å²) in [6.45, 7) is 19.4.